The molecule has 0 fully saturated rings. The van der Waals surface area contributed by atoms with Crippen LogP contribution < -0.4 is 9.47 Å². The summed E-state index contributed by atoms with van der Waals surface area (Å²) in [5.41, 5.74) is 2.61. The summed E-state index contributed by atoms with van der Waals surface area (Å²) in [6, 6.07) is 11.3. The van der Waals surface area contributed by atoms with Gasteiger partial charge in [-0.2, -0.15) is 0 Å². The molecular formula is C19H18O5. The highest BCUT2D eigenvalue weighted by molar-refractivity contribution is 5.94. The van der Waals surface area contributed by atoms with Gasteiger partial charge in [-0.15, -0.1) is 0 Å². The first-order chi connectivity index (χ1) is 11.4. The van der Waals surface area contributed by atoms with Gasteiger partial charge in [0.2, 0.25) is 0 Å². The fraction of sp³-hybridized carbons (Fsp3) is 0.316. The molecule has 1 atom stereocenters. The van der Waals surface area contributed by atoms with Gasteiger partial charge in [-0.1, -0.05) is 18.2 Å². The molecular weight excluding hydrogens is 308 g/mol. The highest BCUT2D eigenvalue weighted by Crippen LogP contribution is 2.38. The van der Waals surface area contributed by atoms with E-state index in [9.17, 15) is 9.90 Å². The number of carbonyl (C=O) groups is 1. The van der Waals surface area contributed by atoms with Crippen LogP contribution in [0.2, 0.25) is 0 Å². The second-order valence-electron chi connectivity index (χ2n) is 6.64. The Balaban J connectivity index is 1.72. The Morgan fingerprint density at radius 1 is 1.04 bits per heavy atom. The standard InChI is InChI=1S/C19H18O5/c1-19(2)17(20)10-22-16-8-12(5-6-15(16)24-19)11-3-4-13-9-23-18(21)14(13)7-11/h3-8,17,20H,9-10H2,1-2H3. The molecule has 2 aromatic rings. The van der Waals surface area contributed by atoms with Crippen LogP contribution in [-0.4, -0.2) is 29.4 Å². The predicted molar refractivity (Wildman–Crippen MR) is 87.2 cm³/mol. The summed E-state index contributed by atoms with van der Waals surface area (Å²) in [6.45, 7) is 4.16. The third-order valence-corrected chi connectivity index (χ3v) is 4.54. The number of benzene rings is 2. The largest absolute Gasteiger partial charge is 0.487 e. The minimum Gasteiger partial charge on any atom is -0.487 e. The highest BCUT2D eigenvalue weighted by atomic mass is 16.6. The monoisotopic (exact) mass is 326 g/mol. The van der Waals surface area contributed by atoms with Crippen molar-refractivity contribution in [1.82, 2.24) is 0 Å². The molecule has 5 heteroatoms. The molecule has 0 bridgehead atoms. The Morgan fingerprint density at radius 2 is 1.79 bits per heavy atom. The number of fused-ring (bicyclic) bond motifs is 2. The summed E-state index contributed by atoms with van der Waals surface area (Å²) < 4.78 is 16.6. The molecule has 4 rings (SSSR count). The number of carbonyl (C=O) groups excluding carboxylic acids is 1. The van der Waals surface area contributed by atoms with E-state index in [2.05, 4.69) is 0 Å². The second kappa shape index (κ2) is 5.24. The zero-order chi connectivity index (χ0) is 16.9. The van der Waals surface area contributed by atoms with Crippen LogP contribution in [0.25, 0.3) is 11.1 Å². The Kier molecular flexibility index (Phi) is 3.28. The van der Waals surface area contributed by atoms with Crippen LogP contribution in [0, 0.1) is 0 Å². The Bertz CT molecular complexity index is 825. The minimum atomic E-state index is -0.719. The van der Waals surface area contributed by atoms with Crippen LogP contribution in [0.3, 0.4) is 0 Å². The molecule has 2 heterocycles. The summed E-state index contributed by atoms with van der Waals surface area (Å²) in [5.74, 6) is 0.895. The lowest BCUT2D eigenvalue weighted by atomic mass is 10.00. The minimum absolute atomic E-state index is 0.167. The maximum Gasteiger partial charge on any atom is 0.338 e. The van der Waals surface area contributed by atoms with Crippen LogP contribution in [0.1, 0.15) is 29.8 Å². The van der Waals surface area contributed by atoms with Gasteiger partial charge in [-0.25, -0.2) is 4.79 Å². The lowest BCUT2D eigenvalue weighted by Gasteiger charge is -2.27. The molecule has 0 saturated carbocycles. The smallest absolute Gasteiger partial charge is 0.338 e. The zero-order valence-electron chi connectivity index (χ0n) is 13.5. The summed E-state index contributed by atoms with van der Waals surface area (Å²) in [5, 5.41) is 10.1. The summed E-state index contributed by atoms with van der Waals surface area (Å²) in [7, 11) is 0. The molecule has 0 saturated heterocycles. The van der Waals surface area contributed by atoms with Crippen LogP contribution in [0.4, 0.5) is 0 Å². The quantitative estimate of drug-likeness (QED) is 0.816. The van der Waals surface area contributed by atoms with E-state index in [0.29, 0.717) is 23.7 Å². The fourth-order valence-electron chi connectivity index (χ4n) is 2.90. The maximum atomic E-state index is 11.7. The normalized spacial score (nSPS) is 21.0. The molecule has 0 spiro atoms. The van der Waals surface area contributed by atoms with E-state index >= 15 is 0 Å². The SMILES string of the molecule is CC1(C)Oc2ccc(-c3ccc4c(c3)C(=O)OC4)cc2OCC1O. The zero-order valence-corrected chi connectivity index (χ0v) is 13.5. The van der Waals surface area contributed by atoms with E-state index in [1.54, 1.807) is 0 Å². The van der Waals surface area contributed by atoms with Gasteiger partial charge in [-0.3, -0.25) is 0 Å². The Labute approximate surface area is 139 Å². The number of aliphatic hydroxyl groups excluding tert-OH is 1. The third-order valence-electron chi connectivity index (χ3n) is 4.54. The Morgan fingerprint density at radius 3 is 2.62 bits per heavy atom. The van der Waals surface area contributed by atoms with E-state index in [1.165, 1.54) is 0 Å². The number of ether oxygens (including phenoxy) is 3. The first kappa shape index (κ1) is 15.0. The van der Waals surface area contributed by atoms with Crippen LogP contribution in [0.5, 0.6) is 11.5 Å². The molecule has 2 aliphatic heterocycles. The number of hydrogen-bond donors (Lipinski definition) is 1. The molecule has 24 heavy (non-hydrogen) atoms. The van der Waals surface area contributed by atoms with Crippen LogP contribution in [-0.2, 0) is 11.3 Å². The summed E-state index contributed by atoms with van der Waals surface area (Å²) >= 11 is 0. The number of cyclic esters (lactones) is 1. The number of hydrogen-bond acceptors (Lipinski definition) is 5. The van der Waals surface area contributed by atoms with Crippen molar-refractivity contribution in [1.29, 1.82) is 0 Å². The van der Waals surface area contributed by atoms with Gasteiger partial charge < -0.3 is 19.3 Å². The second-order valence-corrected chi connectivity index (χ2v) is 6.64. The van der Waals surface area contributed by atoms with Crippen molar-refractivity contribution in [2.75, 3.05) is 6.61 Å². The first-order valence-corrected chi connectivity index (χ1v) is 7.88. The van der Waals surface area contributed by atoms with Crippen molar-refractivity contribution in [3.05, 3.63) is 47.5 Å². The molecule has 5 nitrogen and oxygen atoms in total. The predicted octanol–water partition coefficient (Wildman–Crippen LogP) is 2.93. The van der Waals surface area contributed by atoms with Gasteiger partial charge in [0.05, 0.1) is 5.56 Å². The van der Waals surface area contributed by atoms with E-state index < -0.39 is 11.7 Å². The summed E-state index contributed by atoms with van der Waals surface area (Å²) in [6.07, 6.45) is -0.719. The van der Waals surface area contributed by atoms with E-state index in [1.807, 2.05) is 50.2 Å². The topological polar surface area (TPSA) is 65.0 Å². The molecule has 124 valence electrons. The first-order valence-electron chi connectivity index (χ1n) is 7.88. The van der Waals surface area contributed by atoms with E-state index in [4.69, 9.17) is 14.2 Å². The molecule has 0 amide bonds. The van der Waals surface area contributed by atoms with Gasteiger partial charge in [0.25, 0.3) is 0 Å². The summed E-state index contributed by atoms with van der Waals surface area (Å²) in [4.78, 5) is 11.7. The van der Waals surface area contributed by atoms with Crippen LogP contribution >= 0.6 is 0 Å². The molecule has 0 radical (unpaired) electrons. The van der Waals surface area contributed by atoms with Crippen molar-refractivity contribution in [2.45, 2.75) is 32.2 Å². The van der Waals surface area contributed by atoms with Crippen LogP contribution in [0.15, 0.2) is 36.4 Å². The lowest BCUT2D eigenvalue weighted by Crippen LogP contribution is -2.43. The molecule has 0 aromatic heterocycles. The highest BCUT2D eigenvalue weighted by Gasteiger charge is 2.34. The Hall–Kier alpha value is -2.53. The van der Waals surface area contributed by atoms with Gasteiger partial charge in [0.1, 0.15) is 24.9 Å². The van der Waals surface area contributed by atoms with Crippen molar-refractivity contribution >= 4 is 5.97 Å². The van der Waals surface area contributed by atoms with Gasteiger partial charge >= 0.3 is 5.97 Å². The van der Waals surface area contributed by atoms with Crippen molar-refractivity contribution < 1.29 is 24.1 Å². The van der Waals surface area contributed by atoms with Gasteiger partial charge in [0.15, 0.2) is 11.5 Å². The number of aliphatic hydroxyl groups is 1. The van der Waals surface area contributed by atoms with E-state index in [0.717, 1.165) is 16.7 Å². The lowest BCUT2D eigenvalue weighted by molar-refractivity contribution is -0.0351. The van der Waals surface area contributed by atoms with Gasteiger partial charge in [0, 0.05) is 5.56 Å². The average Bonchev–Trinajstić information content (AvgIpc) is 2.88. The molecule has 2 aliphatic rings. The molecule has 1 N–H and O–H groups in total. The number of rotatable bonds is 1. The maximum absolute atomic E-state index is 11.7. The molecule has 2 aromatic carbocycles. The van der Waals surface area contributed by atoms with Crippen molar-refractivity contribution in [3.8, 4) is 22.6 Å². The fourth-order valence-corrected chi connectivity index (χ4v) is 2.90. The van der Waals surface area contributed by atoms with Gasteiger partial charge in [-0.05, 0) is 43.2 Å². The van der Waals surface area contributed by atoms with Crippen molar-refractivity contribution in [3.63, 3.8) is 0 Å². The van der Waals surface area contributed by atoms with Crippen molar-refractivity contribution in [2.24, 2.45) is 0 Å². The number of esters is 1. The molecule has 1 unspecified atom stereocenters. The third kappa shape index (κ3) is 2.41. The average molecular weight is 326 g/mol. The van der Waals surface area contributed by atoms with E-state index in [-0.39, 0.29) is 12.6 Å². The molecule has 0 aliphatic carbocycles.